The second kappa shape index (κ2) is 4.78. The minimum atomic E-state index is -0.456. The maximum Gasteiger partial charge on any atom is 0.130 e. The van der Waals surface area contributed by atoms with Gasteiger partial charge in [0.2, 0.25) is 0 Å². The molecule has 0 fully saturated rings. The Kier molecular flexibility index (Phi) is 3.38. The zero-order valence-corrected chi connectivity index (χ0v) is 10.4. The van der Waals surface area contributed by atoms with Gasteiger partial charge in [0.1, 0.15) is 5.34 Å². The fraction of sp³-hybridized carbons (Fsp3) is 0.143. The Morgan fingerprint density at radius 3 is 1.50 bits per heavy atom. The molecule has 0 spiro atoms. The molecule has 2 aromatic rings. The van der Waals surface area contributed by atoms with Crippen molar-refractivity contribution < 1.29 is 4.74 Å². The first kappa shape index (κ1) is 11.3. The van der Waals surface area contributed by atoms with E-state index in [0.717, 1.165) is 11.1 Å². The molecule has 0 aliphatic carbocycles. The van der Waals surface area contributed by atoms with Crippen LogP contribution in [0.5, 0.6) is 0 Å². The molecule has 82 valence electrons. The van der Waals surface area contributed by atoms with Crippen LogP contribution in [0.4, 0.5) is 0 Å². The van der Waals surface area contributed by atoms with Gasteiger partial charge in [0, 0.05) is 7.11 Å². The standard InChI is InChI=1S/C14H15OP/c1-15-14(16,12-8-4-2-5-9-12)13-10-6-3-7-11-13/h2-11H,16H2,1H3. The largest absolute Gasteiger partial charge is 0.365 e. The fourth-order valence-corrected chi connectivity index (χ4v) is 2.16. The van der Waals surface area contributed by atoms with E-state index in [1.165, 1.54) is 0 Å². The monoisotopic (exact) mass is 230 g/mol. The van der Waals surface area contributed by atoms with E-state index in [1.54, 1.807) is 7.11 Å². The minimum Gasteiger partial charge on any atom is -0.365 e. The van der Waals surface area contributed by atoms with Crippen LogP contribution in [-0.4, -0.2) is 7.11 Å². The van der Waals surface area contributed by atoms with Crippen LogP contribution in [0.25, 0.3) is 0 Å². The lowest BCUT2D eigenvalue weighted by Crippen LogP contribution is -2.21. The average molecular weight is 230 g/mol. The minimum absolute atomic E-state index is 0.456. The van der Waals surface area contributed by atoms with Gasteiger partial charge in [-0.25, -0.2) is 0 Å². The lowest BCUT2D eigenvalue weighted by Gasteiger charge is -2.29. The Balaban J connectivity index is 2.49. The highest BCUT2D eigenvalue weighted by Crippen LogP contribution is 2.39. The third kappa shape index (κ3) is 2.02. The molecule has 0 saturated heterocycles. The van der Waals surface area contributed by atoms with Gasteiger partial charge in [0.05, 0.1) is 0 Å². The second-order valence-electron chi connectivity index (χ2n) is 3.67. The predicted molar refractivity (Wildman–Crippen MR) is 70.4 cm³/mol. The van der Waals surface area contributed by atoms with Gasteiger partial charge in [0.15, 0.2) is 0 Å². The zero-order chi connectivity index (χ0) is 11.4. The summed E-state index contributed by atoms with van der Waals surface area (Å²) in [5.41, 5.74) is 2.27. The molecule has 1 unspecified atom stereocenters. The van der Waals surface area contributed by atoms with Crippen LogP contribution in [0.1, 0.15) is 11.1 Å². The van der Waals surface area contributed by atoms with Crippen LogP contribution >= 0.6 is 9.24 Å². The topological polar surface area (TPSA) is 9.23 Å². The van der Waals surface area contributed by atoms with E-state index < -0.39 is 5.34 Å². The Morgan fingerprint density at radius 1 is 0.812 bits per heavy atom. The molecule has 0 heterocycles. The Labute approximate surface area is 98.7 Å². The van der Waals surface area contributed by atoms with E-state index in [9.17, 15) is 0 Å². The van der Waals surface area contributed by atoms with E-state index in [4.69, 9.17) is 4.74 Å². The highest BCUT2D eigenvalue weighted by atomic mass is 31.0. The second-order valence-corrected chi connectivity index (χ2v) is 4.48. The first-order valence-electron chi connectivity index (χ1n) is 5.22. The highest BCUT2D eigenvalue weighted by molar-refractivity contribution is 7.18. The molecule has 2 heteroatoms. The zero-order valence-electron chi connectivity index (χ0n) is 9.26. The van der Waals surface area contributed by atoms with Gasteiger partial charge in [-0.1, -0.05) is 69.9 Å². The van der Waals surface area contributed by atoms with Crippen molar-refractivity contribution in [1.82, 2.24) is 0 Å². The third-order valence-corrected chi connectivity index (χ3v) is 3.63. The van der Waals surface area contributed by atoms with Crippen LogP contribution in [0, 0.1) is 0 Å². The van der Waals surface area contributed by atoms with Crippen LogP contribution in [0.3, 0.4) is 0 Å². The third-order valence-electron chi connectivity index (χ3n) is 2.73. The summed E-state index contributed by atoms with van der Waals surface area (Å²) in [5, 5.41) is -0.456. The Bertz CT molecular complexity index is 399. The molecule has 0 amide bonds. The lowest BCUT2D eigenvalue weighted by molar-refractivity contribution is 0.103. The summed E-state index contributed by atoms with van der Waals surface area (Å²) in [5.74, 6) is 0. The van der Waals surface area contributed by atoms with Gasteiger partial charge in [-0.15, -0.1) is 0 Å². The van der Waals surface area contributed by atoms with E-state index in [1.807, 2.05) is 36.4 Å². The highest BCUT2D eigenvalue weighted by Gasteiger charge is 2.28. The Hall–Kier alpha value is -1.17. The Morgan fingerprint density at radius 2 is 1.19 bits per heavy atom. The molecule has 0 aromatic heterocycles. The van der Waals surface area contributed by atoms with Crippen molar-refractivity contribution in [3.05, 3.63) is 71.8 Å². The van der Waals surface area contributed by atoms with Crippen molar-refractivity contribution in [2.24, 2.45) is 0 Å². The quantitative estimate of drug-likeness (QED) is 0.734. The molecule has 0 aliphatic heterocycles. The molecular formula is C14H15OP. The van der Waals surface area contributed by atoms with E-state index >= 15 is 0 Å². The number of hydrogen-bond donors (Lipinski definition) is 0. The number of rotatable bonds is 3. The summed E-state index contributed by atoms with van der Waals surface area (Å²) in [6.07, 6.45) is 0. The van der Waals surface area contributed by atoms with Gasteiger partial charge in [-0.3, -0.25) is 0 Å². The predicted octanol–water partition coefficient (Wildman–Crippen LogP) is 3.41. The molecule has 0 aliphatic rings. The SMILES string of the molecule is COC(P)(c1ccccc1)c1ccccc1. The maximum atomic E-state index is 5.67. The van der Waals surface area contributed by atoms with Crippen molar-refractivity contribution in [1.29, 1.82) is 0 Å². The van der Waals surface area contributed by atoms with E-state index in [-0.39, 0.29) is 0 Å². The van der Waals surface area contributed by atoms with Crippen LogP contribution in [-0.2, 0) is 10.1 Å². The van der Waals surface area contributed by atoms with Gasteiger partial charge < -0.3 is 4.74 Å². The van der Waals surface area contributed by atoms with Crippen molar-refractivity contribution in [2.75, 3.05) is 7.11 Å². The van der Waals surface area contributed by atoms with Crippen molar-refractivity contribution in [3.63, 3.8) is 0 Å². The fourth-order valence-electron chi connectivity index (χ4n) is 1.77. The van der Waals surface area contributed by atoms with Gasteiger partial charge in [-0.2, -0.15) is 0 Å². The summed E-state index contributed by atoms with van der Waals surface area (Å²) in [4.78, 5) is 0. The van der Waals surface area contributed by atoms with Gasteiger partial charge >= 0.3 is 0 Å². The van der Waals surface area contributed by atoms with Crippen LogP contribution in [0.15, 0.2) is 60.7 Å². The molecule has 16 heavy (non-hydrogen) atoms. The molecular weight excluding hydrogens is 215 g/mol. The summed E-state index contributed by atoms with van der Waals surface area (Å²) >= 11 is 0. The van der Waals surface area contributed by atoms with E-state index in [2.05, 4.69) is 33.5 Å². The van der Waals surface area contributed by atoms with Crippen molar-refractivity contribution in [2.45, 2.75) is 5.34 Å². The number of ether oxygens (including phenoxy) is 1. The molecule has 2 rings (SSSR count). The average Bonchev–Trinajstić information content (AvgIpc) is 2.40. The number of methoxy groups -OCH3 is 1. The molecule has 1 atom stereocenters. The molecule has 0 bridgehead atoms. The molecule has 0 saturated carbocycles. The van der Waals surface area contributed by atoms with Crippen LogP contribution < -0.4 is 0 Å². The van der Waals surface area contributed by atoms with Crippen molar-refractivity contribution >= 4 is 9.24 Å². The molecule has 0 radical (unpaired) electrons. The van der Waals surface area contributed by atoms with Crippen molar-refractivity contribution in [3.8, 4) is 0 Å². The molecule has 2 aromatic carbocycles. The van der Waals surface area contributed by atoms with Gasteiger partial charge in [0.25, 0.3) is 0 Å². The normalized spacial score (nSPS) is 11.4. The summed E-state index contributed by atoms with van der Waals surface area (Å²) in [6, 6.07) is 20.4. The lowest BCUT2D eigenvalue weighted by atomic mass is 10.0. The number of benzene rings is 2. The first-order valence-corrected chi connectivity index (χ1v) is 5.80. The number of hydrogen-bond acceptors (Lipinski definition) is 1. The van der Waals surface area contributed by atoms with E-state index in [0.29, 0.717) is 0 Å². The summed E-state index contributed by atoms with van der Waals surface area (Å²) < 4.78 is 5.67. The molecule has 1 nitrogen and oxygen atoms in total. The maximum absolute atomic E-state index is 5.67. The smallest absolute Gasteiger partial charge is 0.130 e. The summed E-state index contributed by atoms with van der Waals surface area (Å²) in [7, 11) is 4.53. The molecule has 0 N–H and O–H groups in total. The van der Waals surface area contributed by atoms with Crippen LogP contribution in [0.2, 0.25) is 0 Å². The summed E-state index contributed by atoms with van der Waals surface area (Å²) in [6.45, 7) is 0. The first-order chi connectivity index (χ1) is 7.77. The van der Waals surface area contributed by atoms with Gasteiger partial charge in [-0.05, 0) is 11.1 Å².